The number of imidazole rings is 1. The summed E-state index contributed by atoms with van der Waals surface area (Å²) in [7, 11) is 1.81. The van der Waals surface area contributed by atoms with Gasteiger partial charge >= 0.3 is 0 Å². The quantitative estimate of drug-likeness (QED) is 0.816. The first kappa shape index (κ1) is 15.1. The van der Waals surface area contributed by atoms with Crippen molar-refractivity contribution in [3.8, 4) is 11.8 Å². The summed E-state index contributed by atoms with van der Waals surface area (Å²) in [5.74, 6) is -0.0273. The highest BCUT2D eigenvalue weighted by atomic mass is 35.5. The fourth-order valence-corrected chi connectivity index (χ4v) is 3.46. The smallest absolute Gasteiger partial charge is 0.297 e. The summed E-state index contributed by atoms with van der Waals surface area (Å²) < 4.78 is 27.8. The summed E-state index contributed by atoms with van der Waals surface area (Å²) in [6.45, 7) is 0. The van der Waals surface area contributed by atoms with E-state index in [0.29, 0.717) is 22.3 Å². The molecule has 2 aromatic rings. The number of benzene rings is 1. The maximum Gasteiger partial charge on any atom is 0.297 e. The van der Waals surface area contributed by atoms with Crippen molar-refractivity contribution in [2.24, 2.45) is 7.05 Å². The van der Waals surface area contributed by atoms with Crippen LogP contribution >= 0.6 is 11.6 Å². The van der Waals surface area contributed by atoms with Crippen molar-refractivity contribution in [3.05, 3.63) is 16.9 Å². The van der Waals surface area contributed by atoms with Crippen molar-refractivity contribution in [2.45, 2.75) is 57.2 Å². The molecular weight excluding hydrogens is 319 g/mol. The minimum absolute atomic E-state index is 0.156. The second-order valence-corrected chi connectivity index (χ2v) is 6.89. The van der Waals surface area contributed by atoms with Crippen molar-refractivity contribution in [1.29, 1.82) is 0 Å². The highest BCUT2D eigenvalue weighted by molar-refractivity contribution is 6.36. The highest BCUT2D eigenvalue weighted by Gasteiger charge is 2.27. The predicted octanol–water partition coefficient (Wildman–Crippen LogP) is 4.62. The Balaban J connectivity index is 1.70. The largest absolute Gasteiger partial charge is 0.489 e. The number of rotatable bonds is 4. The fourth-order valence-electron chi connectivity index (χ4n) is 3.15. The van der Waals surface area contributed by atoms with Crippen molar-refractivity contribution in [3.63, 3.8) is 0 Å². The minimum Gasteiger partial charge on any atom is -0.489 e. The first-order valence-electron chi connectivity index (χ1n) is 8.31. The van der Waals surface area contributed by atoms with Crippen molar-refractivity contribution < 1.29 is 13.9 Å². The van der Waals surface area contributed by atoms with Crippen LogP contribution in [0.5, 0.6) is 11.8 Å². The van der Waals surface area contributed by atoms with Crippen LogP contribution < -0.4 is 9.47 Å². The molecule has 0 aliphatic heterocycles. The van der Waals surface area contributed by atoms with Gasteiger partial charge in [0.1, 0.15) is 22.4 Å². The summed E-state index contributed by atoms with van der Waals surface area (Å²) >= 11 is 6.44. The molecule has 1 heterocycles. The van der Waals surface area contributed by atoms with Gasteiger partial charge in [-0.15, -0.1) is 0 Å². The van der Waals surface area contributed by atoms with Gasteiger partial charge in [-0.1, -0.05) is 18.0 Å². The van der Waals surface area contributed by atoms with Crippen LogP contribution in [-0.2, 0) is 7.05 Å². The minimum atomic E-state index is -0.422. The van der Waals surface area contributed by atoms with Crippen LogP contribution in [0.4, 0.5) is 4.39 Å². The van der Waals surface area contributed by atoms with Gasteiger partial charge in [-0.3, -0.25) is 4.57 Å². The Bertz CT molecular complexity index is 736. The number of aromatic nitrogens is 2. The van der Waals surface area contributed by atoms with E-state index >= 15 is 0 Å². The average Bonchev–Trinajstić information content (AvgIpc) is 3.30. The molecule has 124 valence electrons. The summed E-state index contributed by atoms with van der Waals surface area (Å²) in [6, 6.07) is 1.76. The fraction of sp³-hybridized carbons (Fsp3) is 0.588. The lowest BCUT2D eigenvalue weighted by Crippen LogP contribution is -2.21. The van der Waals surface area contributed by atoms with Gasteiger partial charge in [-0.05, 0) is 38.5 Å². The van der Waals surface area contributed by atoms with Crippen LogP contribution in [0.15, 0.2) is 6.07 Å². The summed E-state index contributed by atoms with van der Waals surface area (Å²) in [5, 5.41) is 0.404. The Labute approximate surface area is 139 Å². The second kappa shape index (κ2) is 5.86. The monoisotopic (exact) mass is 338 g/mol. The van der Waals surface area contributed by atoms with Crippen molar-refractivity contribution >= 4 is 22.6 Å². The Morgan fingerprint density at radius 3 is 2.52 bits per heavy atom. The van der Waals surface area contributed by atoms with E-state index < -0.39 is 5.82 Å². The van der Waals surface area contributed by atoms with Crippen LogP contribution in [0.3, 0.4) is 0 Å². The van der Waals surface area contributed by atoms with E-state index in [9.17, 15) is 4.39 Å². The lowest BCUT2D eigenvalue weighted by molar-refractivity contribution is 0.138. The zero-order chi connectivity index (χ0) is 16.0. The third-order valence-electron chi connectivity index (χ3n) is 4.60. The standard InChI is InChI=1S/C17H20ClFN2O2/c1-21-16-14(18)13(22-11-7-8-11)9-12(19)15(16)20-17(21)23-10-5-3-2-4-6-10/h9-11H,2-8H2,1H3. The number of ether oxygens (including phenoxy) is 2. The molecule has 0 bridgehead atoms. The van der Waals surface area contributed by atoms with E-state index in [1.807, 2.05) is 0 Å². The molecule has 2 saturated carbocycles. The third kappa shape index (κ3) is 2.87. The molecule has 0 atom stereocenters. The SMILES string of the molecule is Cn1c(OC2CCCCC2)nc2c(F)cc(OC3CC3)c(Cl)c21. The zero-order valence-electron chi connectivity index (χ0n) is 13.1. The molecule has 2 fully saturated rings. The molecule has 2 aliphatic rings. The number of hydrogen-bond acceptors (Lipinski definition) is 3. The van der Waals surface area contributed by atoms with Crippen molar-refractivity contribution in [2.75, 3.05) is 0 Å². The van der Waals surface area contributed by atoms with E-state index in [1.54, 1.807) is 11.6 Å². The maximum absolute atomic E-state index is 14.4. The lowest BCUT2D eigenvalue weighted by atomic mass is 9.98. The molecular formula is C17H20ClFN2O2. The molecule has 0 saturated heterocycles. The molecule has 0 radical (unpaired) electrons. The van der Waals surface area contributed by atoms with Gasteiger partial charge in [-0.25, -0.2) is 4.39 Å². The molecule has 0 amide bonds. The first-order valence-corrected chi connectivity index (χ1v) is 8.69. The van der Waals surface area contributed by atoms with Crippen LogP contribution in [0.1, 0.15) is 44.9 Å². The van der Waals surface area contributed by atoms with E-state index in [1.165, 1.54) is 25.3 Å². The number of fused-ring (bicyclic) bond motifs is 1. The molecule has 0 spiro atoms. The van der Waals surface area contributed by atoms with Gasteiger partial charge in [0.15, 0.2) is 5.82 Å². The molecule has 4 rings (SSSR count). The highest BCUT2D eigenvalue weighted by Crippen LogP contribution is 2.39. The van der Waals surface area contributed by atoms with E-state index in [0.717, 1.165) is 25.7 Å². The van der Waals surface area contributed by atoms with Crippen LogP contribution in [0.2, 0.25) is 5.02 Å². The van der Waals surface area contributed by atoms with Gasteiger partial charge in [0.25, 0.3) is 6.01 Å². The molecule has 1 aromatic carbocycles. The normalized spacial score (nSPS) is 19.3. The lowest BCUT2D eigenvalue weighted by Gasteiger charge is -2.22. The van der Waals surface area contributed by atoms with Crippen molar-refractivity contribution in [1.82, 2.24) is 9.55 Å². The molecule has 1 aromatic heterocycles. The zero-order valence-corrected chi connectivity index (χ0v) is 13.9. The van der Waals surface area contributed by atoms with Gasteiger partial charge in [0.05, 0.1) is 11.6 Å². The summed E-state index contributed by atoms with van der Waals surface area (Å²) in [6.07, 6.45) is 7.95. The van der Waals surface area contributed by atoms with Crippen LogP contribution in [0.25, 0.3) is 11.0 Å². The van der Waals surface area contributed by atoms with Gasteiger partial charge in [0.2, 0.25) is 0 Å². The number of aryl methyl sites for hydroxylation is 1. The van der Waals surface area contributed by atoms with Gasteiger partial charge < -0.3 is 9.47 Å². The van der Waals surface area contributed by atoms with E-state index in [2.05, 4.69) is 4.98 Å². The molecule has 2 aliphatic carbocycles. The van der Waals surface area contributed by atoms with Gasteiger partial charge in [0, 0.05) is 13.1 Å². The Morgan fingerprint density at radius 2 is 1.83 bits per heavy atom. The molecule has 0 N–H and O–H groups in total. The summed E-state index contributed by atoms with van der Waals surface area (Å²) in [5.41, 5.74) is 0.777. The van der Waals surface area contributed by atoms with Crippen LogP contribution in [-0.4, -0.2) is 21.8 Å². The predicted molar refractivity (Wildman–Crippen MR) is 86.8 cm³/mol. The van der Waals surface area contributed by atoms with Gasteiger partial charge in [-0.2, -0.15) is 4.98 Å². The number of nitrogens with zero attached hydrogens (tertiary/aromatic N) is 2. The summed E-state index contributed by atoms with van der Waals surface area (Å²) in [4.78, 5) is 4.33. The molecule has 0 unspecified atom stereocenters. The topological polar surface area (TPSA) is 36.3 Å². The van der Waals surface area contributed by atoms with E-state index in [4.69, 9.17) is 21.1 Å². The third-order valence-corrected chi connectivity index (χ3v) is 4.97. The second-order valence-electron chi connectivity index (χ2n) is 6.52. The maximum atomic E-state index is 14.4. The number of hydrogen-bond donors (Lipinski definition) is 0. The number of halogens is 2. The Hall–Kier alpha value is -1.49. The molecule has 23 heavy (non-hydrogen) atoms. The molecule has 6 heteroatoms. The Morgan fingerprint density at radius 1 is 1.13 bits per heavy atom. The van der Waals surface area contributed by atoms with E-state index in [-0.39, 0.29) is 17.7 Å². The molecule has 4 nitrogen and oxygen atoms in total. The first-order chi connectivity index (χ1) is 11.1. The van der Waals surface area contributed by atoms with Crippen LogP contribution in [0, 0.1) is 5.82 Å². The average molecular weight is 339 g/mol. The Kier molecular flexibility index (Phi) is 3.84.